The van der Waals surface area contributed by atoms with Gasteiger partial charge in [0.05, 0.1) is 11.1 Å². The summed E-state index contributed by atoms with van der Waals surface area (Å²) in [5.74, 6) is -1.03. The molecule has 2 aliphatic heterocycles. The van der Waals surface area contributed by atoms with Crippen LogP contribution in [0.2, 0.25) is 0 Å². The Bertz CT molecular complexity index is 1820. The number of esters is 1. The third-order valence-corrected chi connectivity index (χ3v) is 8.17. The van der Waals surface area contributed by atoms with Gasteiger partial charge in [-0.3, -0.25) is 14.4 Å². The summed E-state index contributed by atoms with van der Waals surface area (Å²) in [5.41, 5.74) is 5.75. The number of para-hydroxylation sites is 1. The Morgan fingerprint density at radius 1 is 0.688 bits per heavy atom. The fraction of sp³-hybridized carbons (Fsp3) is 0.270. The van der Waals surface area contributed by atoms with Gasteiger partial charge in [-0.05, 0) is 104 Å². The molecule has 48 heavy (non-hydrogen) atoms. The quantitative estimate of drug-likeness (QED) is 0.181. The van der Waals surface area contributed by atoms with Crippen LogP contribution in [0.3, 0.4) is 0 Å². The Morgan fingerprint density at radius 2 is 1.25 bits per heavy atom. The highest BCUT2D eigenvalue weighted by Crippen LogP contribution is 2.30. The van der Waals surface area contributed by atoms with Gasteiger partial charge < -0.3 is 25.2 Å². The Balaban J connectivity index is 0.000000188. The summed E-state index contributed by atoms with van der Waals surface area (Å²) in [6.07, 6.45) is -2.49. The molecule has 6 rings (SSSR count). The molecule has 0 saturated heterocycles. The van der Waals surface area contributed by atoms with E-state index in [2.05, 4.69) is 33.5 Å². The van der Waals surface area contributed by atoms with E-state index in [9.17, 15) is 27.6 Å². The van der Waals surface area contributed by atoms with E-state index in [-0.39, 0.29) is 17.2 Å². The van der Waals surface area contributed by atoms with Crippen molar-refractivity contribution in [1.29, 1.82) is 0 Å². The van der Waals surface area contributed by atoms with E-state index in [1.165, 1.54) is 35.7 Å². The fourth-order valence-electron chi connectivity index (χ4n) is 5.69. The van der Waals surface area contributed by atoms with Gasteiger partial charge in [-0.2, -0.15) is 13.2 Å². The minimum absolute atomic E-state index is 0.0142. The molecule has 0 saturated carbocycles. The summed E-state index contributed by atoms with van der Waals surface area (Å²) < 4.78 is 43.3. The molecule has 4 aromatic rings. The molecule has 250 valence electrons. The molecule has 2 N–H and O–H groups in total. The lowest BCUT2D eigenvalue weighted by Crippen LogP contribution is -2.26. The Labute approximate surface area is 277 Å². The van der Waals surface area contributed by atoms with Crippen LogP contribution in [-0.4, -0.2) is 54.8 Å². The van der Waals surface area contributed by atoms with Crippen molar-refractivity contribution in [2.45, 2.75) is 39.0 Å². The molecule has 0 aromatic heterocycles. The van der Waals surface area contributed by atoms with Crippen LogP contribution in [0.5, 0.6) is 5.75 Å². The van der Waals surface area contributed by atoms with E-state index in [1.54, 1.807) is 30.3 Å². The predicted molar refractivity (Wildman–Crippen MR) is 178 cm³/mol. The molecule has 11 heteroatoms. The monoisotopic (exact) mass is 658 g/mol. The lowest BCUT2D eigenvalue weighted by molar-refractivity contribution is -0.137. The zero-order chi connectivity index (χ0) is 34.4. The molecular weight excluding hydrogens is 621 g/mol. The number of ether oxygens (including phenoxy) is 1. The number of likely N-dealkylation sites (N-methyl/N-ethyl adjacent to an activating group) is 2. The van der Waals surface area contributed by atoms with E-state index < -0.39 is 23.6 Å². The van der Waals surface area contributed by atoms with Crippen LogP contribution in [0.4, 0.5) is 24.5 Å². The zero-order valence-electron chi connectivity index (χ0n) is 27.0. The summed E-state index contributed by atoms with van der Waals surface area (Å²) in [5, 5.41) is 5.57. The number of carbonyl (C=O) groups excluding carboxylic acids is 3. The van der Waals surface area contributed by atoms with Gasteiger partial charge in [-0.1, -0.05) is 30.3 Å². The summed E-state index contributed by atoms with van der Waals surface area (Å²) in [6.45, 7) is 5.03. The van der Waals surface area contributed by atoms with Gasteiger partial charge >= 0.3 is 12.1 Å². The second kappa shape index (κ2) is 14.8. The molecule has 0 unspecified atom stereocenters. The van der Waals surface area contributed by atoms with Crippen molar-refractivity contribution in [3.8, 4) is 5.75 Å². The SMILES string of the molecule is CC(=O)Oc1ccccc1C(=O)Nc1ccc2c(c1)CN(C)CC2.CN1CCc2ccc(NC(=O)c3cccc(C(F)(F)F)c3)cc2C1. The maximum Gasteiger partial charge on any atom is 0.416 e. The van der Waals surface area contributed by atoms with Gasteiger partial charge in [-0.15, -0.1) is 0 Å². The van der Waals surface area contributed by atoms with E-state index in [0.717, 1.165) is 62.4 Å². The first kappa shape index (κ1) is 34.3. The molecule has 2 heterocycles. The number of nitrogens with one attached hydrogen (secondary N) is 2. The van der Waals surface area contributed by atoms with Crippen LogP contribution in [0.1, 0.15) is 55.5 Å². The minimum Gasteiger partial charge on any atom is -0.426 e. The number of anilines is 2. The first-order valence-electron chi connectivity index (χ1n) is 15.5. The molecule has 4 aromatic carbocycles. The van der Waals surface area contributed by atoms with E-state index in [4.69, 9.17) is 4.74 Å². The molecule has 0 spiro atoms. The van der Waals surface area contributed by atoms with Gasteiger partial charge in [0.15, 0.2) is 0 Å². The normalized spacial score (nSPS) is 14.5. The van der Waals surface area contributed by atoms with Crippen molar-refractivity contribution < 1.29 is 32.3 Å². The maximum atomic E-state index is 12.7. The van der Waals surface area contributed by atoms with Crippen molar-refractivity contribution in [2.75, 3.05) is 37.8 Å². The highest BCUT2D eigenvalue weighted by molar-refractivity contribution is 6.06. The van der Waals surface area contributed by atoms with Gasteiger partial charge in [0.2, 0.25) is 0 Å². The first-order chi connectivity index (χ1) is 22.9. The number of amides is 2. The van der Waals surface area contributed by atoms with Gasteiger partial charge in [-0.25, -0.2) is 0 Å². The van der Waals surface area contributed by atoms with Crippen LogP contribution in [0.15, 0.2) is 84.9 Å². The number of nitrogens with zero attached hydrogens (tertiary/aromatic N) is 2. The van der Waals surface area contributed by atoms with Crippen LogP contribution in [-0.2, 0) is 36.9 Å². The highest BCUT2D eigenvalue weighted by Gasteiger charge is 2.31. The average molecular weight is 659 g/mol. The second-order valence-electron chi connectivity index (χ2n) is 12.0. The van der Waals surface area contributed by atoms with E-state index in [1.807, 2.05) is 31.3 Å². The number of hydrogen-bond acceptors (Lipinski definition) is 6. The largest absolute Gasteiger partial charge is 0.426 e. The van der Waals surface area contributed by atoms with Crippen LogP contribution in [0.25, 0.3) is 0 Å². The fourth-order valence-corrected chi connectivity index (χ4v) is 5.69. The van der Waals surface area contributed by atoms with Crippen molar-refractivity contribution in [2.24, 2.45) is 0 Å². The van der Waals surface area contributed by atoms with Gasteiger partial charge in [0.25, 0.3) is 11.8 Å². The van der Waals surface area contributed by atoms with E-state index >= 15 is 0 Å². The number of fused-ring (bicyclic) bond motifs is 2. The molecular formula is C37H37F3N4O4. The summed E-state index contributed by atoms with van der Waals surface area (Å²) >= 11 is 0. The molecule has 0 aliphatic carbocycles. The van der Waals surface area contributed by atoms with Crippen LogP contribution >= 0.6 is 0 Å². The zero-order valence-corrected chi connectivity index (χ0v) is 27.0. The lowest BCUT2D eigenvalue weighted by atomic mass is 9.99. The number of rotatable bonds is 5. The Hall–Kier alpha value is -5.00. The molecule has 0 radical (unpaired) electrons. The predicted octanol–water partition coefficient (Wildman–Crippen LogP) is 6.80. The Kier molecular flexibility index (Phi) is 10.6. The summed E-state index contributed by atoms with van der Waals surface area (Å²) in [6, 6.07) is 22.8. The van der Waals surface area contributed by atoms with Crippen LogP contribution < -0.4 is 15.4 Å². The first-order valence-corrected chi connectivity index (χ1v) is 15.5. The summed E-state index contributed by atoms with van der Waals surface area (Å²) in [7, 11) is 4.11. The number of halogens is 3. The molecule has 8 nitrogen and oxygen atoms in total. The molecule has 0 atom stereocenters. The molecule has 2 aliphatic rings. The highest BCUT2D eigenvalue weighted by atomic mass is 19.4. The topological polar surface area (TPSA) is 91.0 Å². The van der Waals surface area contributed by atoms with Gasteiger partial charge in [0.1, 0.15) is 5.75 Å². The number of alkyl halides is 3. The van der Waals surface area contributed by atoms with Crippen molar-refractivity contribution >= 4 is 29.2 Å². The number of hydrogen-bond donors (Lipinski definition) is 2. The van der Waals surface area contributed by atoms with E-state index in [0.29, 0.717) is 11.3 Å². The Morgan fingerprint density at radius 3 is 1.81 bits per heavy atom. The smallest absolute Gasteiger partial charge is 0.416 e. The molecule has 0 bridgehead atoms. The molecule has 0 fully saturated rings. The van der Waals surface area contributed by atoms with Crippen molar-refractivity contribution in [3.05, 3.63) is 124 Å². The van der Waals surface area contributed by atoms with Gasteiger partial charge in [0, 0.05) is 50.0 Å². The molecule has 2 amide bonds. The average Bonchev–Trinajstić information content (AvgIpc) is 3.04. The third kappa shape index (κ3) is 8.87. The second-order valence-corrected chi connectivity index (χ2v) is 12.0. The summed E-state index contributed by atoms with van der Waals surface area (Å²) in [4.78, 5) is 40.4. The maximum absolute atomic E-state index is 12.7. The third-order valence-electron chi connectivity index (χ3n) is 8.17. The lowest BCUT2D eigenvalue weighted by Gasteiger charge is -2.25. The van der Waals surface area contributed by atoms with Crippen LogP contribution in [0, 0.1) is 0 Å². The van der Waals surface area contributed by atoms with Crippen molar-refractivity contribution in [1.82, 2.24) is 9.80 Å². The standard InChI is InChI=1S/C19H20N2O3.C18H17F3N2O/c1-13(22)24-18-6-4-3-5-17(18)19(23)20-16-8-7-14-9-10-21(2)12-15(14)11-16;1-23-8-7-12-5-6-16(10-14(12)11-23)22-17(24)13-3-2-4-15(9-13)18(19,20)21/h3-8,11H,9-10,12H2,1-2H3,(H,20,23);2-6,9-10H,7-8,11H2,1H3,(H,22,24). The van der Waals surface area contributed by atoms with Crippen molar-refractivity contribution in [3.63, 3.8) is 0 Å². The minimum atomic E-state index is -4.47. The number of carbonyl (C=O) groups is 3. The number of benzene rings is 4.